The summed E-state index contributed by atoms with van der Waals surface area (Å²) in [4.78, 5) is 13.2. The average molecular weight is 321 g/mol. The van der Waals surface area contributed by atoms with Crippen molar-refractivity contribution in [3.63, 3.8) is 0 Å². The summed E-state index contributed by atoms with van der Waals surface area (Å²) in [6.45, 7) is 3.51. The molecular weight excluding hydrogens is 302 g/mol. The Morgan fingerprint density at radius 1 is 1.29 bits per heavy atom. The smallest absolute Gasteiger partial charge is 0.159 e. The van der Waals surface area contributed by atoms with Crippen molar-refractivity contribution < 1.29 is 4.74 Å². The van der Waals surface area contributed by atoms with Gasteiger partial charge in [-0.1, -0.05) is 18.2 Å². The van der Waals surface area contributed by atoms with E-state index in [1.165, 1.54) is 5.56 Å². The van der Waals surface area contributed by atoms with Gasteiger partial charge >= 0.3 is 0 Å². The molecule has 3 aromatic rings. The van der Waals surface area contributed by atoms with Crippen LogP contribution in [0.4, 0.5) is 5.82 Å². The van der Waals surface area contributed by atoms with E-state index in [2.05, 4.69) is 32.4 Å². The maximum absolute atomic E-state index is 5.72. The topological polar surface area (TPSA) is 64.9 Å². The molecule has 0 saturated carbocycles. The van der Waals surface area contributed by atoms with Crippen molar-refractivity contribution in [2.75, 3.05) is 18.5 Å². The van der Waals surface area contributed by atoms with E-state index >= 15 is 0 Å². The van der Waals surface area contributed by atoms with E-state index in [-0.39, 0.29) is 0 Å². The molecule has 6 heteroatoms. The number of hydrogen-bond donors (Lipinski definition) is 1. The van der Waals surface area contributed by atoms with E-state index in [0.717, 1.165) is 42.8 Å². The third-order valence-corrected chi connectivity index (χ3v) is 4.31. The second-order valence-electron chi connectivity index (χ2n) is 5.86. The summed E-state index contributed by atoms with van der Waals surface area (Å²) in [5, 5.41) is 3.41. The maximum Gasteiger partial charge on any atom is 0.159 e. The Hall–Kier alpha value is -2.89. The van der Waals surface area contributed by atoms with Gasteiger partial charge in [-0.15, -0.1) is 0 Å². The quantitative estimate of drug-likeness (QED) is 0.800. The summed E-state index contributed by atoms with van der Waals surface area (Å²) in [5.74, 6) is 3.83. The molecule has 1 aromatic carbocycles. The number of imidazole rings is 1. The number of nitrogens with zero attached hydrogens (tertiary/aromatic N) is 4. The first-order chi connectivity index (χ1) is 11.8. The first-order valence-corrected chi connectivity index (χ1v) is 8.09. The predicted molar refractivity (Wildman–Crippen MR) is 91.7 cm³/mol. The number of anilines is 1. The molecule has 0 bridgehead atoms. The minimum atomic E-state index is 0.412. The second-order valence-corrected chi connectivity index (χ2v) is 5.86. The molecule has 1 unspecified atom stereocenters. The van der Waals surface area contributed by atoms with Crippen LogP contribution in [-0.2, 0) is 0 Å². The van der Waals surface area contributed by atoms with Crippen molar-refractivity contribution in [3.05, 3.63) is 60.4 Å². The molecule has 4 rings (SSSR count). The molecule has 0 aliphatic carbocycles. The monoisotopic (exact) mass is 321 g/mol. The largest absolute Gasteiger partial charge is 0.493 e. The van der Waals surface area contributed by atoms with E-state index in [0.29, 0.717) is 5.92 Å². The van der Waals surface area contributed by atoms with Crippen LogP contribution in [0.3, 0.4) is 0 Å². The molecule has 6 nitrogen and oxygen atoms in total. The van der Waals surface area contributed by atoms with Crippen LogP contribution in [0.1, 0.15) is 23.7 Å². The first-order valence-electron chi connectivity index (χ1n) is 8.09. The van der Waals surface area contributed by atoms with Crippen molar-refractivity contribution in [3.8, 4) is 11.6 Å². The van der Waals surface area contributed by atoms with Crippen molar-refractivity contribution >= 4 is 5.82 Å². The third-order valence-electron chi connectivity index (χ3n) is 4.31. The summed E-state index contributed by atoms with van der Waals surface area (Å²) in [6, 6.07) is 8.24. The van der Waals surface area contributed by atoms with E-state index in [9.17, 15) is 0 Å². The lowest BCUT2D eigenvalue weighted by Crippen LogP contribution is -2.21. The van der Waals surface area contributed by atoms with Gasteiger partial charge in [-0.25, -0.2) is 9.97 Å². The first kappa shape index (κ1) is 14.7. The number of ether oxygens (including phenoxy) is 1. The van der Waals surface area contributed by atoms with Gasteiger partial charge in [-0.3, -0.25) is 9.55 Å². The zero-order valence-electron chi connectivity index (χ0n) is 13.5. The van der Waals surface area contributed by atoms with Gasteiger partial charge in [0.1, 0.15) is 17.4 Å². The number of fused-ring (bicyclic) bond motifs is 1. The molecule has 3 heterocycles. The third kappa shape index (κ3) is 2.82. The summed E-state index contributed by atoms with van der Waals surface area (Å²) in [5.41, 5.74) is 1.26. The molecule has 1 aliphatic rings. The summed E-state index contributed by atoms with van der Waals surface area (Å²) >= 11 is 0. The number of nitrogens with one attached hydrogen (secondary N) is 1. The highest BCUT2D eigenvalue weighted by Crippen LogP contribution is 2.33. The van der Waals surface area contributed by atoms with Crippen LogP contribution in [0, 0.1) is 6.92 Å². The van der Waals surface area contributed by atoms with Crippen molar-refractivity contribution in [2.24, 2.45) is 0 Å². The van der Waals surface area contributed by atoms with Gasteiger partial charge in [0, 0.05) is 24.9 Å². The molecule has 0 spiro atoms. The summed E-state index contributed by atoms with van der Waals surface area (Å²) in [6.07, 6.45) is 8.14. The van der Waals surface area contributed by atoms with Crippen LogP contribution in [0.15, 0.2) is 49.1 Å². The fourth-order valence-electron chi connectivity index (χ4n) is 3.03. The normalized spacial score (nSPS) is 16.3. The molecule has 1 aliphatic heterocycles. The number of rotatable bonds is 4. The van der Waals surface area contributed by atoms with Crippen molar-refractivity contribution in [1.29, 1.82) is 0 Å². The van der Waals surface area contributed by atoms with Gasteiger partial charge in [0.05, 0.1) is 19.0 Å². The van der Waals surface area contributed by atoms with Gasteiger partial charge in [0.15, 0.2) is 5.82 Å². The Morgan fingerprint density at radius 2 is 2.21 bits per heavy atom. The number of aryl methyl sites for hydroxylation is 1. The van der Waals surface area contributed by atoms with Gasteiger partial charge in [0.2, 0.25) is 0 Å². The van der Waals surface area contributed by atoms with Gasteiger partial charge < -0.3 is 10.1 Å². The number of aromatic nitrogens is 4. The highest BCUT2D eigenvalue weighted by molar-refractivity contribution is 5.41. The molecule has 1 N–H and O–H groups in total. The molecule has 122 valence electrons. The maximum atomic E-state index is 5.72. The Morgan fingerprint density at radius 3 is 3.08 bits per heavy atom. The van der Waals surface area contributed by atoms with Crippen molar-refractivity contribution in [1.82, 2.24) is 19.5 Å². The lowest BCUT2D eigenvalue weighted by molar-refractivity contribution is 0.270. The Labute approximate surface area is 140 Å². The highest BCUT2D eigenvalue weighted by Gasteiger charge is 2.20. The van der Waals surface area contributed by atoms with Crippen LogP contribution in [0.25, 0.3) is 5.82 Å². The summed E-state index contributed by atoms with van der Waals surface area (Å²) in [7, 11) is 0. The fourth-order valence-corrected chi connectivity index (χ4v) is 3.03. The van der Waals surface area contributed by atoms with Crippen LogP contribution >= 0.6 is 0 Å². The van der Waals surface area contributed by atoms with E-state index in [4.69, 9.17) is 4.74 Å². The minimum Gasteiger partial charge on any atom is -0.493 e. The van der Waals surface area contributed by atoms with Crippen LogP contribution in [0.2, 0.25) is 0 Å². The molecule has 0 saturated heterocycles. The highest BCUT2D eigenvalue weighted by atomic mass is 16.5. The van der Waals surface area contributed by atoms with E-state index in [1.54, 1.807) is 18.6 Å². The molecular formula is C18H19N5O. The van der Waals surface area contributed by atoms with Crippen LogP contribution in [0.5, 0.6) is 5.75 Å². The SMILES string of the molecule is Cc1nccn1-c1cncc(NCC2CCOc3ccccc32)n1. The summed E-state index contributed by atoms with van der Waals surface area (Å²) < 4.78 is 7.64. The van der Waals surface area contributed by atoms with E-state index in [1.807, 2.05) is 29.8 Å². The van der Waals surface area contributed by atoms with Gasteiger partial charge in [-0.05, 0) is 25.0 Å². The van der Waals surface area contributed by atoms with Crippen molar-refractivity contribution in [2.45, 2.75) is 19.3 Å². The molecule has 0 fully saturated rings. The Kier molecular flexibility index (Phi) is 3.86. The fraction of sp³-hybridized carbons (Fsp3) is 0.278. The molecule has 24 heavy (non-hydrogen) atoms. The zero-order valence-corrected chi connectivity index (χ0v) is 13.5. The number of benzene rings is 1. The zero-order chi connectivity index (χ0) is 16.4. The van der Waals surface area contributed by atoms with Gasteiger partial charge in [0.25, 0.3) is 0 Å². The lowest BCUT2D eigenvalue weighted by Gasteiger charge is -2.26. The number of para-hydroxylation sites is 1. The lowest BCUT2D eigenvalue weighted by atomic mass is 9.93. The minimum absolute atomic E-state index is 0.412. The van der Waals surface area contributed by atoms with Gasteiger partial charge in [-0.2, -0.15) is 0 Å². The molecule has 1 atom stereocenters. The van der Waals surface area contributed by atoms with E-state index < -0.39 is 0 Å². The molecule has 0 radical (unpaired) electrons. The Balaban J connectivity index is 1.50. The average Bonchev–Trinajstić information content (AvgIpc) is 3.06. The van der Waals surface area contributed by atoms with Crippen LogP contribution in [-0.4, -0.2) is 32.7 Å². The molecule has 0 amide bonds. The second kappa shape index (κ2) is 6.31. The van der Waals surface area contributed by atoms with Crippen LogP contribution < -0.4 is 10.1 Å². The predicted octanol–water partition coefficient (Wildman–Crippen LogP) is 2.95. The molecule has 2 aromatic heterocycles. The number of hydrogen-bond acceptors (Lipinski definition) is 5. The standard InChI is InChI=1S/C18H19N5O/c1-13-20-7-8-23(13)18-12-19-11-17(22-18)21-10-14-6-9-24-16-5-3-2-4-15(14)16/h2-5,7-8,11-12,14H,6,9-10H2,1H3,(H,21,22). The Bertz CT molecular complexity index is 845.